The summed E-state index contributed by atoms with van der Waals surface area (Å²) in [5.41, 5.74) is 0. The van der Waals surface area contributed by atoms with E-state index in [0.29, 0.717) is 17.5 Å². The molecule has 0 spiro atoms. The van der Waals surface area contributed by atoms with Gasteiger partial charge in [0.25, 0.3) is 0 Å². The van der Waals surface area contributed by atoms with Crippen LogP contribution in [0.3, 0.4) is 0 Å². The summed E-state index contributed by atoms with van der Waals surface area (Å²) in [7, 11) is -2.79. The van der Waals surface area contributed by atoms with Crippen molar-refractivity contribution in [2.45, 2.75) is 50.8 Å². The van der Waals surface area contributed by atoms with E-state index in [1.165, 1.54) is 0 Å². The van der Waals surface area contributed by atoms with Crippen LogP contribution < -0.4 is 0 Å². The van der Waals surface area contributed by atoms with Crippen molar-refractivity contribution in [1.29, 1.82) is 0 Å². The number of aliphatic hydroxyl groups is 1. The Bertz CT molecular complexity index is 339. The highest BCUT2D eigenvalue weighted by Gasteiger charge is 2.37. The second-order valence-electron chi connectivity index (χ2n) is 5.18. The molecule has 0 radical (unpaired) electrons. The van der Waals surface area contributed by atoms with Gasteiger partial charge in [0.05, 0.1) is 17.6 Å². The van der Waals surface area contributed by atoms with E-state index in [0.717, 1.165) is 32.2 Å². The number of sulfone groups is 1. The topological polar surface area (TPSA) is 57.6 Å². The molecule has 5 heteroatoms. The van der Waals surface area contributed by atoms with Crippen LogP contribution in [0.2, 0.25) is 0 Å². The summed E-state index contributed by atoms with van der Waals surface area (Å²) in [6.45, 7) is 2.81. The lowest BCUT2D eigenvalue weighted by Gasteiger charge is -2.30. The molecular formula is C11H21NO3S. The normalized spacial score (nSPS) is 36.6. The van der Waals surface area contributed by atoms with Gasteiger partial charge in [-0.15, -0.1) is 0 Å². The van der Waals surface area contributed by atoms with Crippen LogP contribution in [0.5, 0.6) is 0 Å². The van der Waals surface area contributed by atoms with Crippen molar-refractivity contribution < 1.29 is 13.5 Å². The van der Waals surface area contributed by atoms with E-state index < -0.39 is 9.84 Å². The van der Waals surface area contributed by atoms with E-state index >= 15 is 0 Å². The first-order valence-corrected chi connectivity index (χ1v) is 7.94. The molecule has 0 aromatic carbocycles. The summed E-state index contributed by atoms with van der Waals surface area (Å²) in [5.74, 6) is 0.666. The Kier molecular flexibility index (Phi) is 3.56. The molecule has 2 saturated heterocycles. The van der Waals surface area contributed by atoms with Gasteiger partial charge in [-0.05, 0) is 39.2 Å². The SMILES string of the molecule is CC(O)CC1CCCN1C1CCS(=O)(=O)C1. The smallest absolute Gasteiger partial charge is 0.151 e. The maximum absolute atomic E-state index is 11.5. The first-order chi connectivity index (χ1) is 7.48. The van der Waals surface area contributed by atoms with Crippen molar-refractivity contribution in [2.24, 2.45) is 0 Å². The highest BCUT2D eigenvalue weighted by molar-refractivity contribution is 7.91. The highest BCUT2D eigenvalue weighted by Crippen LogP contribution is 2.28. The Morgan fingerprint density at radius 1 is 1.44 bits per heavy atom. The Hall–Kier alpha value is -0.130. The zero-order chi connectivity index (χ0) is 11.8. The van der Waals surface area contributed by atoms with Crippen LogP contribution in [-0.4, -0.2) is 54.7 Å². The molecule has 0 aromatic heterocycles. The molecular weight excluding hydrogens is 226 g/mol. The van der Waals surface area contributed by atoms with Gasteiger partial charge in [-0.3, -0.25) is 4.90 Å². The molecule has 0 aromatic rings. The van der Waals surface area contributed by atoms with Crippen molar-refractivity contribution in [3.05, 3.63) is 0 Å². The predicted molar refractivity (Wildman–Crippen MR) is 63.1 cm³/mol. The average Bonchev–Trinajstić information content (AvgIpc) is 2.71. The Labute approximate surface area is 97.6 Å². The molecule has 0 amide bonds. The third-order valence-electron chi connectivity index (χ3n) is 3.71. The van der Waals surface area contributed by atoms with Gasteiger partial charge in [-0.1, -0.05) is 0 Å². The monoisotopic (exact) mass is 247 g/mol. The van der Waals surface area contributed by atoms with E-state index in [9.17, 15) is 13.5 Å². The molecule has 0 aliphatic carbocycles. The Balaban J connectivity index is 1.98. The van der Waals surface area contributed by atoms with Gasteiger partial charge in [0.2, 0.25) is 0 Å². The first kappa shape index (κ1) is 12.3. The maximum Gasteiger partial charge on any atom is 0.151 e. The number of hydrogen-bond donors (Lipinski definition) is 1. The Morgan fingerprint density at radius 2 is 2.19 bits per heavy atom. The van der Waals surface area contributed by atoms with Gasteiger partial charge < -0.3 is 5.11 Å². The van der Waals surface area contributed by atoms with Crippen LogP contribution in [0.1, 0.15) is 32.6 Å². The lowest BCUT2D eigenvalue weighted by Crippen LogP contribution is -2.41. The molecule has 2 heterocycles. The van der Waals surface area contributed by atoms with Gasteiger partial charge in [0.1, 0.15) is 0 Å². The van der Waals surface area contributed by atoms with E-state index in [1.54, 1.807) is 0 Å². The van der Waals surface area contributed by atoms with Gasteiger partial charge in [0, 0.05) is 12.1 Å². The van der Waals surface area contributed by atoms with Crippen molar-refractivity contribution in [2.75, 3.05) is 18.1 Å². The minimum Gasteiger partial charge on any atom is -0.393 e. The maximum atomic E-state index is 11.5. The molecule has 2 rings (SSSR count). The van der Waals surface area contributed by atoms with Crippen LogP contribution in [-0.2, 0) is 9.84 Å². The second-order valence-corrected chi connectivity index (χ2v) is 7.40. The van der Waals surface area contributed by atoms with Gasteiger partial charge >= 0.3 is 0 Å². The fourth-order valence-corrected chi connectivity index (χ4v) is 4.76. The lowest BCUT2D eigenvalue weighted by molar-refractivity contribution is 0.116. The fraction of sp³-hybridized carbons (Fsp3) is 1.00. The Morgan fingerprint density at radius 3 is 2.75 bits per heavy atom. The number of likely N-dealkylation sites (tertiary alicyclic amines) is 1. The number of hydrogen-bond acceptors (Lipinski definition) is 4. The zero-order valence-corrected chi connectivity index (χ0v) is 10.6. The summed E-state index contributed by atoms with van der Waals surface area (Å²) < 4.78 is 22.9. The largest absolute Gasteiger partial charge is 0.393 e. The number of nitrogens with zero attached hydrogens (tertiary/aromatic N) is 1. The summed E-state index contributed by atoms with van der Waals surface area (Å²) >= 11 is 0. The van der Waals surface area contributed by atoms with E-state index in [1.807, 2.05) is 6.92 Å². The average molecular weight is 247 g/mol. The minimum atomic E-state index is -2.79. The molecule has 2 fully saturated rings. The van der Waals surface area contributed by atoms with Crippen LogP contribution in [0.15, 0.2) is 0 Å². The quantitative estimate of drug-likeness (QED) is 0.785. The summed E-state index contributed by atoms with van der Waals surface area (Å²) in [6, 6.07) is 0.592. The number of rotatable bonds is 3. The standard InChI is InChI=1S/C11H21NO3S/c1-9(13)7-10-3-2-5-12(10)11-4-6-16(14,15)8-11/h9-11,13H,2-8H2,1H3. The third kappa shape index (κ3) is 2.76. The molecule has 4 nitrogen and oxygen atoms in total. The van der Waals surface area contributed by atoms with Gasteiger partial charge in [0.15, 0.2) is 9.84 Å². The van der Waals surface area contributed by atoms with E-state index in [2.05, 4.69) is 4.90 Å². The third-order valence-corrected chi connectivity index (χ3v) is 5.46. The lowest BCUT2D eigenvalue weighted by atomic mass is 10.1. The molecule has 3 unspecified atom stereocenters. The second kappa shape index (κ2) is 4.63. The molecule has 0 saturated carbocycles. The molecule has 2 aliphatic heterocycles. The molecule has 0 bridgehead atoms. The molecule has 1 N–H and O–H groups in total. The van der Waals surface area contributed by atoms with Crippen molar-refractivity contribution in [3.63, 3.8) is 0 Å². The zero-order valence-electron chi connectivity index (χ0n) is 9.80. The minimum absolute atomic E-state index is 0.205. The molecule has 16 heavy (non-hydrogen) atoms. The summed E-state index contributed by atoms with van der Waals surface area (Å²) in [5, 5.41) is 9.43. The van der Waals surface area contributed by atoms with Crippen LogP contribution >= 0.6 is 0 Å². The summed E-state index contributed by atoms with van der Waals surface area (Å²) in [6.07, 6.45) is 3.49. The van der Waals surface area contributed by atoms with Crippen LogP contribution in [0.25, 0.3) is 0 Å². The van der Waals surface area contributed by atoms with Crippen molar-refractivity contribution in [3.8, 4) is 0 Å². The van der Waals surface area contributed by atoms with Gasteiger partial charge in [-0.25, -0.2) is 8.42 Å². The molecule has 94 valence electrons. The predicted octanol–water partition coefficient (Wildman–Crippen LogP) is 0.409. The van der Waals surface area contributed by atoms with Gasteiger partial charge in [-0.2, -0.15) is 0 Å². The first-order valence-electron chi connectivity index (χ1n) is 6.12. The molecule has 2 aliphatic rings. The van der Waals surface area contributed by atoms with Crippen molar-refractivity contribution in [1.82, 2.24) is 4.90 Å². The van der Waals surface area contributed by atoms with Crippen LogP contribution in [0, 0.1) is 0 Å². The van der Waals surface area contributed by atoms with E-state index in [4.69, 9.17) is 0 Å². The number of aliphatic hydroxyl groups excluding tert-OH is 1. The van der Waals surface area contributed by atoms with Crippen LogP contribution in [0.4, 0.5) is 0 Å². The molecule has 3 atom stereocenters. The summed E-state index contributed by atoms with van der Waals surface area (Å²) in [4.78, 5) is 2.32. The van der Waals surface area contributed by atoms with E-state index in [-0.39, 0.29) is 12.1 Å². The highest BCUT2D eigenvalue weighted by atomic mass is 32.2. The fourth-order valence-electron chi connectivity index (χ4n) is 3.02. The van der Waals surface area contributed by atoms with Crippen molar-refractivity contribution >= 4 is 9.84 Å².